The molecule has 1 aromatic rings. The van der Waals surface area contributed by atoms with Crippen molar-refractivity contribution in [2.24, 2.45) is 0 Å². The van der Waals surface area contributed by atoms with Crippen molar-refractivity contribution in [1.82, 2.24) is 0 Å². The molecule has 0 unspecified atom stereocenters. The summed E-state index contributed by atoms with van der Waals surface area (Å²) in [6, 6.07) is 4.12. The Hall–Kier alpha value is -0.210. The Morgan fingerprint density at radius 2 is 2.33 bits per heavy atom. The van der Waals surface area contributed by atoms with Gasteiger partial charge in [-0.3, -0.25) is 0 Å². The van der Waals surface area contributed by atoms with Gasteiger partial charge in [-0.2, -0.15) is 0 Å². The molecule has 0 radical (unpaired) electrons. The van der Waals surface area contributed by atoms with Crippen LogP contribution in [0.1, 0.15) is 11.1 Å². The van der Waals surface area contributed by atoms with Gasteiger partial charge in [0.05, 0.1) is 11.1 Å². The number of benzene rings is 1. The van der Waals surface area contributed by atoms with Crippen LogP contribution in [-0.4, -0.2) is 6.61 Å². The van der Waals surface area contributed by atoms with Gasteiger partial charge in [0.2, 0.25) is 0 Å². The van der Waals surface area contributed by atoms with Gasteiger partial charge in [-0.15, -0.1) is 11.6 Å². The first-order valence-corrected chi connectivity index (χ1v) is 5.14. The molecule has 0 amide bonds. The van der Waals surface area contributed by atoms with Crippen LogP contribution in [0.15, 0.2) is 16.6 Å². The molecule has 12 heavy (non-hydrogen) atoms. The molecule has 0 N–H and O–H groups in total. The molecule has 1 aliphatic rings. The first-order chi connectivity index (χ1) is 5.81. The standard InChI is InChI=1S/C9H8BrClO/c10-8-4-6(5-11)3-7-1-2-12-9(7)8/h3-4H,1-2,5H2. The largest absolute Gasteiger partial charge is 0.492 e. The van der Waals surface area contributed by atoms with Gasteiger partial charge >= 0.3 is 0 Å². The summed E-state index contributed by atoms with van der Waals surface area (Å²) in [7, 11) is 0. The summed E-state index contributed by atoms with van der Waals surface area (Å²) in [6.45, 7) is 0.791. The fourth-order valence-corrected chi connectivity index (χ4v) is 2.22. The quantitative estimate of drug-likeness (QED) is 0.693. The molecule has 1 nitrogen and oxygen atoms in total. The zero-order valence-corrected chi connectivity index (χ0v) is 8.78. The lowest BCUT2D eigenvalue weighted by molar-refractivity contribution is 0.355. The topological polar surface area (TPSA) is 9.23 Å². The van der Waals surface area contributed by atoms with E-state index in [1.165, 1.54) is 5.56 Å². The van der Waals surface area contributed by atoms with Crippen LogP contribution in [0.2, 0.25) is 0 Å². The second kappa shape index (κ2) is 3.27. The van der Waals surface area contributed by atoms with Crippen molar-refractivity contribution in [3.05, 3.63) is 27.7 Å². The second-order valence-electron chi connectivity index (χ2n) is 2.80. The Bertz CT molecular complexity index is 312. The van der Waals surface area contributed by atoms with Crippen molar-refractivity contribution in [3.8, 4) is 5.75 Å². The Kier molecular flexibility index (Phi) is 2.28. The number of halogens is 2. The molecule has 0 saturated heterocycles. The number of hydrogen-bond acceptors (Lipinski definition) is 1. The summed E-state index contributed by atoms with van der Waals surface area (Å²) in [5, 5.41) is 0. The predicted molar refractivity (Wildman–Crippen MR) is 52.9 cm³/mol. The van der Waals surface area contributed by atoms with Crippen molar-refractivity contribution >= 4 is 27.5 Å². The van der Waals surface area contributed by atoms with E-state index in [1.807, 2.05) is 6.07 Å². The Balaban J connectivity index is 2.51. The average Bonchev–Trinajstić information content (AvgIpc) is 2.52. The second-order valence-corrected chi connectivity index (χ2v) is 3.92. The van der Waals surface area contributed by atoms with Gasteiger partial charge in [0.15, 0.2) is 0 Å². The predicted octanol–water partition coefficient (Wildman–Crippen LogP) is 3.12. The van der Waals surface area contributed by atoms with E-state index in [4.69, 9.17) is 16.3 Å². The minimum absolute atomic E-state index is 0.561. The van der Waals surface area contributed by atoms with Crippen LogP contribution < -0.4 is 4.74 Å². The van der Waals surface area contributed by atoms with Gasteiger partial charge in [-0.05, 0) is 33.1 Å². The minimum Gasteiger partial charge on any atom is -0.492 e. The van der Waals surface area contributed by atoms with Crippen LogP contribution in [0.5, 0.6) is 5.75 Å². The smallest absolute Gasteiger partial charge is 0.136 e. The summed E-state index contributed by atoms with van der Waals surface area (Å²) in [5.41, 5.74) is 2.41. The third kappa shape index (κ3) is 1.34. The Morgan fingerprint density at radius 3 is 3.08 bits per heavy atom. The zero-order valence-electron chi connectivity index (χ0n) is 6.44. The third-order valence-electron chi connectivity index (χ3n) is 1.95. The molecule has 64 valence electrons. The number of fused-ring (bicyclic) bond motifs is 1. The van der Waals surface area contributed by atoms with E-state index < -0.39 is 0 Å². The molecule has 0 aromatic heterocycles. The summed E-state index contributed by atoms with van der Waals surface area (Å²) in [5.74, 6) is 1.55. The van der Waals surface area contributed by atoms with E-state index in [0.717, 1.165) is 28.8 Å². The molecule has 0 saturated carbocycles. The van der Waals surface area contributed by atoms with Crippen LogP contribution in [0.4, 0.5) is 0 Å². The molecular formula is C9H8BrClO. The van der Waals surface area contributed by atoms with Gasteiger partial charge in [0, 0.05) is 12.3 Å². The average molecular weight is 248 g/mol. The van der Waals surface area contributed by atoms with Crippen molar-refractivity contribution in [1.29, 1.82) is 0 Å². The molecule has 0 spiro atoms. The minimum atomic E-state index is 0.561. The lowest BCUT2D eigenvalue weighted by Crippen LogP contribution is -1.86. The summed E-state index contributed by atoms with van der Waals surface area (Å²) in [6.07, 6.45) is 0.999. The normalized spacial score (nSPS) is 14.2. The molecule has 1 heterocycles. The van der Waals surface area contributed by atoms with E-state index in [2.05, 4.69) is 22.0 Å². The maximum Gasteiger partial charge on any atom is 0.136 e. The maximum atomic E-state index is 5.74. The highest BCUT2D eigenvalue weighted by Gasteiger charge is 2.15. The van der Waals surface area contributed by atoms with E-state index in [0.29, 0.717) is 5.88 Å². The Morgan fingerprint density at radius 1 is 1.50 bits per heavy atom. The molecule has 0 aliphatic carbocycles. The van der Waals surface area contributed by atoms with Crippen molar-refractivity contribution < 1.29 is 4.74 Å². The summed E-state index contributed by atoms with van der Waals surface area (Å²) >= 11 is 9.19. The zero-order chi connectivity index (χ0) is 8.55. The first-order valence-electron chi connectivity index (χ1n) is 3.81. The highest BCUT2D eigenvalue weighted by molar-refractivity contribution is 9.10. The van der Waals surface area contributed by atoms with Gasteiger partial charge in [0.1, 0.15) is 5.75 Å². The van der Waals surface area contributed by atoms with Gasteiger partial charge < -0.3 is 4.74 Å². The molecule has 1 aromatic carbocycles. The van der Waals surface area contributed by atoms with Crippen LogP contribution in [0.25, 0.3) is 0 Å². The molecule has 0 atom stereocenters. The van der Waals surface area contributed by atoms with Crippen LogP contribution >= 0.6 is 27.5 Å². The highest BCUT2D eigenvalue weighted by Crippen LogP contribution is 2.35. The SMILES string of the molecule is ClCc1cc(Br)c2c(c1)CCO2. The van der Waals surface area contributed by atoms with Crippen LogP contribution in [-0.2, 0) is 12.3 Å². The maximum absolute atomic E-state index is 5.74. The van der Waals surface area contributed by atoms with Gasteiger partial charge in [0.25, 0.3) is 0 Å². The monoisotopic (exact) mass is 246 g/mol. The number of ether oxygens (including phenoxy) is 1. The van der Waals surface area contributed by atoms with Crippen molar-refractivity contribution in [2.45, 2.75) is 12.3 Å². The summed E-state index contributed by atoms with van der Waals surface area (Å²) < 4.78 is 6.46. The van der Waals surface area contributed by atoms with Crippen LogP contribution in [0, 0.1) is 0 Å². The fourth-order valence-electron chi connectivity index (χ4n) is 1.40. The van der Waals surface area contributed by atoms with Crippen molar-refractivity contribution in [3.63, 3.8) is 0 Å². The van der Waals surface area contributed by atoms with E-state index in [9.17, 15) is 0 Å². The molecule has 0 fully saturated rings. The molecule has 1 aliphatic heterocycles. The molecule has 2 rings (SSSR count). The number of hydrogen-bond donors (Lipinski definition) is 0. The van der Waals surface area contributed by atoms with E-state index >= 15 is 0 Å². The fraction of sp³-hybridized carbons (Fsp3) is 0.333. The third-order valence-corrected chi connectivity index (χ3v) is 2.85. The first kappa shape index (κ1) is 8.39. The van der Waals surface area contributed by atoms with Crippen LogP contribution in [0.3, 0.4) is 0 Å². The molecule has 3 heteroatoms. The molecular weight excluding hydrogens is 239 g/mol. The lowest BCUT2D eigenvalue weighted by atomic mass is 10.1. The highest BCUT2D eigenvalue weighted by atomic mass is 79.9. The Labute approximate surface area is 84.8 Å². The van der Waals surface area contributed by atoms with Gasteiger partial charge in [-0.1, -0.05) is 6.07 Å². The van der Waals surface area contributed by atoms with Crippen molar-refractivity contribution in [2.75, 3.05) is 6.61 Å². The molecule has 0 bridgehead atoms. The number of alkyl halides is 1. The van der Waals surface area contributed by atoms with E-state index in [-0.39, 0.29) is 0 Å². The van der Waals surface area contributed by atoms with E-state index in [1.54, 1.807) is 0 Å². The van der Waals surface area contributed by atoms with Gasteiger partial charge in [-0.25, -0.2) is 0 Å². The summed E-state index contributed by atoms with van der Waals surface area (Å²) in [4.78, 5) is 0. The lowest BCUT2D eigenvalue weighted by Gasteiger charge is -2.03. The number of rotatable bonds is 1.